The Morgan fingerprint density at radius 2 is 1.54 bits per heavy atom. The van der Waals surface area contributed by atoms with Crippen LogP contribution in [0.15, 0.2) is 24.3 Å². The van der Waals surface area contributed by atoms with E-state index in [4.69, 9.17) is 0 Å². The summed E-state index contributed by atoms with van der Waals surface area (Å²) in [5, 5.41) is 2.94. The number of carbonyl (C=O) groups excluding carboxylic acids is 2. The molecule has 2 atom stereocenters. The summed E-state index contributed by atoms with van der Waals surface area (Å²) in [7, 11) is 0. The summed E-state index contributed by atoms with van der Waals surface area (Å²) >= 11 is 0. The van der Waals surface area contributed by atoms with Gasteiger partial charge in [-0.05, 0) is 68.7 Å². The monoisotopic (exact) mass is 355 g/mol. The second kappa shape index (κ2) is 7.68. The molecule has 4 rings (SSSR count). The third kappa shape index (κ3) is 3.57. The van der Waals surface area contributed by atoms with Gasteiger partial charge in [-0.3, -0.25) is 4.79 Å². The maximum Gasteiger partial charge on any atom is 0.321 e. The second-order valence-electron chi connectivity index (χ2n) is 7.95. The van der Waals surface area contributed by atoms with Crippen molar-refractivity contribution >= 4 is 17.6 Å². The molecule has 3 aliphatic rings. The maximum absolute atomic E-state index is 13.0. The zero-order valence-corrected chi connectivity index (χ0v) is 15.5. The molecule has 0 spiro atoms. The molecule has 1 aromatic carbocycles. The summed E-state index contributed by atoms with van der Waals surface area (Å²) in [5.41, 5.74) is 1.49. The summed E-state index contributed by atoms with van der Waals surface area (Å²) in [6.07, 6.45) is 9.54. The minimum Gasteiger partial charge on any atom is -0.335 e. The van der Waals surface area contributed by atoms with Crippen LogP contribution >= 0.6 is 0 Å². The van der Waals surface area contributed by atoms with Crippen LogP contribution in [0.5, 0.6) is 0 Å². The molecular weight excluding hydrogens is 326 g/mol. The quantitative estimate of drug-likeness (QED) is 0.868. The van der Waals surface area contributed by atoms with Crippen LogP contribution in [0, 0.1) is 5.92 Å². The van der Waals surface area contributed by atoms with Crippen molar-refractivity contribution in [3.05, 3.63) is 29.8 Å². The van der Waals surface area contributed by atoms with E-state index in [9.17, 15) is 9.59 Å². The molecule has 5 nitrogen and oxygen atoms in total. The highest BCUT2D eigenvalue weighted by Crippen LogP contribution is 2.36. The number of rotatable bonds is 2. The first-order valence-corrected chi connectivity index (χ1v) is 10.2. The Balaban J connectivity index is 1.41. The van der Waals surface area contributed by atoms with E-state index in [0.29, 0.717) is 12.0 Å². The highest BCUT2D eigenvalue weighted by atomic mass is 16.2. The number of piperidine rings is 1. The number of nitrogens with one attached hydrogen (secondary N) is 1. The van der Waals surface area contributed by atoms with Gasteiger partial charge in [0, 0.05) is 36.9 Å². The lowest BCUT2D eigenvalue weighted by Gasteiger charge is -2.44. The average Bonchev–Trinajstić information content (AvgIpc) is 3.23. The predicted molar refractivity (Wildman–Crippen MR) is 102 cm³/mol. The molecule has 1 aromatic rings. The van der Waals surface area contributed by atoms with E-state index < -0.39 is 0 Å². The van der Waals surface area contributed by atoms with Crippen molar-refractivity contribution in [1.82, 2.24) is 9.80 Å². The normalized spacial score (nSPS) is 25.7. The van der Waals surface area contributed by atoms with Crippen LogP contribution in [0.4, 0.5) is 10.5 Å². The van der Waals surface area contributed by atoms with Gasteiger partial charge in [-0.25, -0.2) is 4.79 Å². The van der Waals surface area contributed by atoms with E-state index in [1.165, 1.54) is 25.7 Å². The number of carbonyl (C=O) groups is 2. The Labute approximate surface area is 155 Å². The zero-order valence-electron chi connectivity index (χ0n) is 15.5. The molecule has 2 aliphatic heterocycles. The lowest BCUT2D eigenvalue weighted by atomic mass is 9.78. The number of nitrogens with zero attached hydrogens (tertiary/aromatic N) is 2. The van der Waals surface area contributed by atoms with Crippen molar-refractivity contribution in [2.75, 3.05) is 25.0 Å². The number of amides is 3. The first-order valence-electron chi connectivity index (χ1n) is 10.2. The summed E-state index contributed by atoms with van der Waals surface area (Å²) < 4.78 is 0. The Hall–Kier alpha value is -2.04. The van der Waals surface area contributed by atoms with E-state index in [1.54, 1.807) is 0 Å². The molecule has 1 saturated carbocycles. The van der Waals surface area contributed by atoms with Crippen LogP contribution < -0.4 is 5.32 Å². The molecule has 0 radical (unpaired) electrons. The minimum atomic E-state index is -0.0392. The number of hydrogen-bond donors (Lipinski definition) is 1. The number of hydrogen-bond acceptors (Lipinski definition) is 2. The molecule has 1 N–H and O–H groups in total. The summed E-state index contributed by atoms with van der Waals surface area (Å²) in [4.78, 5) is 29.2. The van der Waals surface area contributed by atoms with Crippen molar-refractivity contribution in [3.63, 3.8) is 0 Å². The Bertz CT molecular complexity index is 650. The molecule has 1 aliphatic carbocycles. The molecule has 0 unspecified atom stereocenters. The van der Waals surface area contributed by atoms with Gasteiger partial charge in [-0.15, -0.1) is 0 Å². The summed E-state index contributed by atoms with van der Waals surface area (Å²) in [5.74, 6) is 0.847. The Morgan fingerprint density at radius 1 is 0.846 bits per heavy atom. The van der Waals surface area contributed by atoms with Gasteiger partial charge in [-0.2, -0.15) is 0 Å². The van der Waals surface area contributed by atoms with Gasteiger partial charge in [0.15, 0.2) is 0 Å². The van der Waals surface area contributed by atoms with Gasteiger partial charge in [0.2, 0.25) is 0 Å². The standard InChI is InChI=1S/C21H29N3O2/c25-20(24-15-5-7-16-6-1-2-8-19(16)24)17-9-11-18(12-10-17)22-21(26)23-13-3-4-14-23/h9-12,16,19H,1-8,13-15H2,(H,22,26)/t16-,19-/m0/s1. The van der Waals surface area contributed by atoms with E-state index in [1.807, 2.05) is 29.2 Å². The van der Waals surface area contributed by atoms with Crippen molar-refractivity contribution in [2.45, 2.75) is 57.4 Å². The third-order valence-electron chi connectivity index (χ3n) is 6.28. The number of likely N-dealkylation sites (tertiary alicyclic amines) is 2. The number of anilines is 1. The number of fused-ring (bicyclic) bond motifs is 1. The van der Waals surface area contributed by atoms with Crippen molar-refractivity contribution in [3.8, 4) is 0 Å². The highest BCUT2D eigenvalue weighted by molar-refractivity contribution is 5.96. The first-order chi connectivity index (χ1) is 12.7. The molecule has 0 aromatic heterocycles. The number of benzene rings is 1. The molecule has 0 bridgehead atoms. The molecule has 140 valence electrons. The molecule has 2 saturated heterocycles. The van der Waals surface area contributed by atoms with Crippen LogP contribution in [-0.4, -0.2) is 47.4 Å². The zero-order chi connectivity index (χ0) is 17.9. The molecule has 3 fully saturated rings. The van der Waals surface area contributed by atoms with Crippen molar-refractivity contribution < 1.29 is 9.59 Å². The van der Waals surface area contributed by atoms with Crippen LogP contribution in [-0.2, 0) is 0 Å². The third-order valence-corrected chi connectivity index (χ3v) is 6.28. The second-order valence-corrected chi connectivity index (χ2v) is 7.95. The van der Waals surface area contributed by atoms with Crippen LogP contribution in [0.2, 0.25) is 0 Å². The minimum absolute atomic E-state index is 0.0392. The highest BCUT2D eigenvalue weighted by Gasteiger charge is 2.35. The lowest BCUT2D eigenvalue weighted by Crippen LogP contribution is -2.49. The molecular formula is C21H29N3O2. The van der Waals surface area contributed by atoms with Crippen LogP contribution in [0.25, 0.3) is 0 Å². The largest absolute Gasteiger partial charge is 0.335 e. The molecule has 2 heterocycles. The number of urea groups is 1. The van der Waals surface area contributed by atoms with E-state index in [-0.39, 0.29) is 11.9 Å². The van der Waals surface area contributed by atoms with Gasteiger partial charge < -0.3 is 15.1 Å². The topological polar surface area (TPSA) is 52.7 Å². The average molecular weight is 355 g/mol. The summed E-state index contributed by atoms with van der Waals surface area (Å²) in [6.45, 7) is 2.55. The van der Waals surface area contributed by atoms with Gasteiger partial charge in [0.05, 0.1) is 0 Å². The molecule has 3 amide bonds. The Kier molecular flexibility index (Phi) is 5.14. The van der Waals surface area contributed by atoms with E-state index >= 15 is 0 Å². The van der Waals surface area contributed by atoms with Crippen LogP contribution in [0.3, 0.4) is 0 Å². The van der Waals surface area contributed by atoms with Crippen LogP contribution in [0.1, 0.15) is 61.7 Å². The van der Waals surface area contributed by atoms with Gasteiger partial charge in [-0.1, -0.05) is 12.8 Å². The smallest absolute Gasteiger partial charge is 0.321 e. The maximum atomic E-state index is 13.0. The first kappa shape index (κ1) is 17.4. The van der Waals surface area contributed by atoms with Gasteiger partial charge >= 0.3 is 6.03 Å². The van der Waals surface area contributed by atoms with Crippen molar-refractivity contribution in [2.24, 2.45) is 5.92 Å². The van der Waals surface area contributed by atoms with Gasteiger partial charge in [0.1, 0.15) is 0 Å². The predicted octanol–water partition coefficient (Wildman–Crippen LogP) is 4.11. The fourth-order valence-electron chi connectivity index (χ4n) is 4.86. The SMILES string of the molecule is O=C(Nc1ccc(C(=O)N2CCC[C@@H]3CCCC[C@@H]32)cc1)N1CCCC1. The fourth-order valence-corrected chi connectivity index (χ4v) is 4.86. The summed E-state index contributed by atoms with van der Waals surface area (Å²) in [6, 6.07) is 7.80. The Morgan fingerprint density at radius 3 is 2.31 bits per heavy atom. The lowest BCUT2D eigenvalue weighted by molar-refractivity contribution is 0.0390. The van der Waals surface area contributed by atoms with Gasteiger partial charge in [0.25, 0.3) is 5.91 Å². The van der Waals surface area contributed by atoms with E-state index in [2.05, 4.69) is 10.2 Å². The van der Waals surface area contributed by atoms with Crippen molar-refractivity contribution in [1.29, 1.82) is 0 Å². The fraction of sp³-hybridized carbons (Fsp3) is 0.619. The molecule has 5 heteroatoms. The molecule has 26 heavy (non-hydrogen) atoms. The van der Waals surface area contributed by atoms with E-state index in [0.717, 1.165) is 56.6 Å².